The normalized spacial score (nSPS) is 22.7. The third-order valence-corrected chi connectivity index (χ3v) is 2.89. The van der Waals surface area contributed by atoms with Gasteiger partial charge in [0.25, 0.3) is 0 Å². The molecule has 0 radical (unpaired) electrons. The highest BCUT2D eigenvalue weighted by atomic mass is 19.4. The van der Waals surface area contributed by atoms with Crippen molar-refractivity contribution in [1.82, 2.24) is 10.2 Å². The molecule has 0 aromatic carbocycles. The summed E-state index contributed by atoms with van der Waals surface area (Å²) in [5.41, 5.74) is 0. The topological polar surface area (TPSA) is 24.5 Å². The molecular weight excluding hydrogens is 245 g/mol. The van der Waals surface area contributed by atoms with Crippen LogP contribution in [0.5, 0.6) is 0 Å². The fourth-order valence-electron chi connectivity index (χ4n) is 2.25. The number of ether oxygens (including phenoxy) is 1. The predicted octanol–water partition coefficient (Wildman–Crippen LogP) is 2.03. The first-order chi connectivity index (χ1) is 8.37. The summed E-state index contributed by atoms with van der Waals surface area (Å²) >= 11 is 0. The zero-order valence-corrected chi connectivity index (χ0v) is 11.1. The molecule has 1 rings (SSSR count). The summed E-state index contributed by atoms with van der Waals surface area (Å²) in [5.74, 6) is 0. The van der Waals surface area contributed by atoms with Gasteiger partial charge in [-0.25, -0.2) is 0 Å². The van der Waals surface area contributed by atoms with E-state index in [0.29, 0.717) is 18.6 Å². The molecule has 0 aliphatic carbocycles. The lowest BCUT2D eigenvalue weighted by atomic mass is 10.1. The quantitative estimate of drug-likeness (QED) is 0.746. The van der Waals surface area contributed by atoms with Crippen LogP contribution in [-0.4, -0.2) is 56.0 Å². The minimum atomic E-state index is -4.22. The number of nitrogens with one attached hydrogen (secondary N) is 1. The van der Waals surface area contributed by atoms with Gasteiger partial charge < -0.3 is 10.1 Å². The standard InChI is InChI=1S/C12H23F3N2O/c1-10(2)16-11-4-3-5-17(8-11)6-7-18-9-12(13,14)15/h10-11,16H,3-9H2,1-2H3. The molecule has 0 aromatic rings. The number of nitrogens with zero attached hydrogens (tertiary/aromatic N) is 1. The molecule has 18 heavy (non-hydrogen) atoms. The van der Waals surface area contributed by atoms with Gasteiger partial charge in [0.15, 0.2) is 0 Å². The van der Waals surface area contributed by atoms with Crippen LogP contribution in [0.25, 0.3) is 0 Å². The lowest BCUT2D eigenvalue weighted by Gasteiger charge is -2.34. The van der Waals surface area contributed by atoms with Crippen LogP contribution in [0.3, 0.4) is 0 Å². The Hall–Kier alpha value is -0.330. The maximum atomic E-state index is 11.9. The van der Waals surface area contributed by atoms with E-state index in [9.17, 15) is 13.2 Å². The van der Waals surface area contributed by atoms with Crippen molar-refractivity contribution in [3.63, 3.8) is 0 Å². The second-order valence-electron chi connectivity index (χ2n) is 5.13. The number of likely N-dealkylation sites (tertiary alicyclic amines) is 1. The number of piperidine rings is 1. The summed E-state index contributed by atoms with van der Waals surface area (Å²) in [6.45, 7) is 5.63. The van der Waals surface area contributed by atoms with Gasteiger partial charge in [0, 0.05) is 25.2 Å². The van der Waals surface area contributed by atoms with Gasteiger partial charge in [0.2, 0.25) is 0 Å². The highest BCUT2D eigenvalue weighted by Gasteiger charge is 2.27. The summed E-state index contributed by atoms with van der Waals surface area (Å²) in [5, 5.41) is 3.46. The third-order valence-electron chi connectivity index (χ3n) is 2.89. The molecule has 3 nitrogen and oxygen atoms in total. The smallest absolute Gasteiger partial charge is 0.371 e. The molecule has 1 aliphatic heterocycles. The number of halogens is 3. The molecule has 1 N–H and O–H groups in total. The van der Waals surface area contributed by atoms with Crippen LogP contribution >= 0.6 is 0 Å². The highest BCUT2D eigenvalue weighted by Crippen LogP contribution is 2.15. The Kier molecular flexibility index (Phi) is 6.38. The van der Waals surface area contributed by atoms with Crippen molar-refractivity contribution in [2.24, 2.45) is 0 Å². The van der Waals surface area contributed by atoms with Gasteiger partial charge in [-0.05, 0) is 19.4 Å². The first-order valence-electron chi connectivity index (χ1n) is 6.50. The number of hydrogen-bond acceptors (Lipinski definition) is 3. The molecule has 0 amide bonds. The molecule has 6 heteroatoms. The number of alkyl halides is 3. The zero-order valence-electron chi connectivity index (χ0n) is 11.1. The molecule has 1 fully saturated rings. The minimum Gasteiger partial charge on any atom is -0.371 e. The Morgan fingerprint density at radius 2 is 2.11 bits per heavy atom. The van der Waals surface area contributed by atoms with Crippen LogP contribution in [0, 0.1) is 0 Å². The van der Waals surface area contributed by atoms with Crippen molar-refractivity contribution in [3.05, 3.63) is 0 Å². The van der Waals surface area contributed by atoms with E-state index in [0.717, 1.165) is 25.9 Å². The van der Waals surface area contributed by atoms with Crippen LogP contribution in [0.4, 0.5) is 13.2 Å². The molecule has 0 aromatic heterocycles. The predicted molar refractivity (Wildman–Crippen MR) is 64.6 cm³/mol. The third kappa shape index (κ3) is 7.18. The van der Waals surface area contributed by atoms with Crippen molar-refractivity contribution < 1.29 is 17.9 Å². The number of rotatable bonds is 6. The van der Waals surface area contributed by atoms with Crippen molar-refractivity contribution >= 4 is 0 Å². The van der Waals surface area contributed by atoms with E-state index in [2.05, 4.69) is 28.8 Å². The number of hydrogen-bond donors (Lipinski definition) is 1. The van der Waals surface area contributed by atoms with E-state index in [1.165, 1.54) is 0 Å². The summed E-state index contributed by atoms with van der Waals surface area (Å²) in [4.78, 5) is 2.17. The Morgan fingerprint density at radius 3 is 2.72 bits per heavy atom. The molecule has 1 saturated heterocycles. The Balaban J connectivity index is 2.14. The fourth-order valence-corrected chi connectivity index (χ4v) is 2.25. The van der Waals surface area contributed by atoms with Gasteiger partial charge in [-0.1, -0.05) is 13.8 Å². The molecule has 1 unspecified atom stereocenters. The Labute approximate surface area is 107 Å². The maximum Gasteiger partial charge on any atom is 0.411 e. The van der Waals surface area contributed by atoms with E-state index in [4.69, 9.17) is 0 Å². The van der Waals surface area contributed by atoms with E-state index in [1.807, 2.05) is 0 Å². The lowest BCUT2D eigenvalue weighted by molar-refractivity contribution is -0.174. The molecule has 1 aliphatic rings. The molecular formula is C12H23F3N2O. The summed E-state index contributed by atoms with van der Waals surface area (Å²) in [6, 6.07) is 0.887. The average Bonchev–Trinajstić information content (AvgIpc) is 2.23. The molecule has 1 heterocycles. The molecule has 1 atom stereocenters. The fraction of sp³-hybridized carbons (Fsp3) is 1.00. The molecule has 0 spiro atoms. The second-order valence-corrected chi connectivity index (χ2v) is 5.13. The zero-order chi connectivity index (χ0) is 13.6. The lowest BCUT2D eigenvalue weighted by Crippen LogP contribution is -2.48. The maximum absolute atomic E-state index is 11.9. The summed E-state index contributed by atoms with van der Waals surface area (Å²) < 4.78 is 40.3. The minimum absolute atomic E-state index is 0.147. The SMILES string of the molecule is CC(C)NC1CCCN(CCOCC(F)(F)F)C1. The Morgan fingerprint density at radius 1 is 1.39 bits per heavy atom. The van der Waals surface area contributed by atoms with Crippen LogP contribution in [0.15, 0.2) is 0 Å². The van der Waals surface area contributed by atoms with Crippen molar-refractivity contribution in [2.75, 3.05) is 32.8 Å². The first kappa shape index (κ1) is 15.7. The van der Waals surface area contributed by atoms with E-state index in [-0.39, 0.29) is 6.61 Å². The highest BCUT2D eigenvalue weighted by molar-refractivity contribution is 4.79. The van der Waals surface area contributed by atoms with Crippen LogP contribution in [-0.2, 0) is 4.74 Å². The first-order valence-corrected chi connectivity index (χ1v) is 6.50. The van der Waals surface area contributed by atoms with Crippen molar-refractivity contribution in [2.45, 2.75) is 44.9 Å². The van der Waals surface area contributed by atoms with Crippen LogP contribution < -0.4 is 5.32 Å². The molecule has 0 bridgehead atoms. The largest absolute Gasteiger partial charge is 0.411 e. The Bertz CT molecular complexity index is 234. The van der Waals surface area contributed by atoms with E-state index in [1.54, 1.807) is 0 Å². The van der Waals surface area contributed by atoms with Crippen molar-refractivity contribution in [1.29, 1.82) is 0 Å². The monoisotopic (exact) mass is 268 g/mol. The van der Waals surface area contributed by atoms with E-state index < -0.39 is 12.8 Å². The van der Waals surface area contributed by atoms with Crippen molar-refractivity contribution in [3.8, 4) is 0 Å². The molecule has 0 saturated carbocycles. The van der Waals surface area contributed by atoms with Gasteiger partial charge in [0.05, 0.1) is 6.61 Å². The summed E-state index contributed by atoms with van der Waals surface area (Å²) in [7, 11) is 0. The second kappa shape index (κ2) is 7.31. The van der Waals surface area contributed by atoms with Gasteiger partial charge in [-0.2, -0.15) is 13.2 Å². The van der Waals surface area contributed by atoms with Gasteiger partial charge >= 0.3 is 6.18 Å². The average molecular weight is 268 g/mol. The van der Waals surface area contributed by atoms with Crippen LogP contribution in [0.2, 0.25) is 0 Å². The van der Waals surface area contributed by atoms with Gasteiger partial charge in [0.1, 0.15) is 6.61 Å². The van der Waals surface area contributed by atoms with Crippen LogP contribution in [0.1, 0.15) is 26.7 Å². The van der Waals surface area contributed by atoms with Gasteiger partial charge in [-0.3, -0.25) is 4.90 Å². The van der Waals surface area contributed by atoms with E-state index >= 15 is 0 Å². The molecule has 108 valence electrons. The summed E-state index contributed by atoms with van der Waals surface area (Å²) in [6.07, 6.45) is -1.99. The van der Waals surface area contributed by atoms with Gasteiger partial charge in [-0.15, -0.1) is 0 Å².